The Bertz CT molecular complexity index is 517. The summed E-state index contributed by atoms with van der Waals surface area (Å²) in [7, 11) is -0.800. The Balaban J connectivity index is 2.15. The zero-order valence-electron chi connectivity index (χ0n) is 11.4. The van der Waals surface area contributed by atoms with Gasteiger partial charge in [-0.15, -0.1) is 0 Å². The molecule has 0 aliphatic rings. The van der Waals surface area contributed by atoms with E-state index in [1.54, 1.807) is 0 Å². The lowest BCUT2D eigenvalue weighted by Gasteiger charge is -2.21. The normalized spacial score (nSPS) is 13.1. The van der Waals surface area contributed by atoms with E-state index in [4.69, 9.17) is 16.0 Å². The predicted molar refractivity (Wildman–Crippen MR) is 85.3 cm³/mol. The Morgan fingerprint density at radius 2 is 1.37 bits per heavy atom. The minimum absolute atomic E-state index is 0.174. The van der Waals surface area contributed by atoms with Gasteiger partial charge < -0.3 is 4.74 Å². The number of hydrogen-bond donors (Lipinski definition) is 0. The molecule has 0 amide bonds. The summed E-state index contributed by atoms with van der Waals surface area (Å²) >= 11 is 6.54. The standard InChI is InChI=1S/C16H18ClOP/c1-16(2,3)18-13-9-11-15(12-10-13)19(17)14-7-5-4-6-8-14/h4-12H,1-3H3. The summed E-state index contributed by atoms with van der Waals surface area (Å²) in [6, 6.07) is 18.2. The van der Waals surface area contributed by atoms with Crippen molar-refractivity contribution in [3.05, 3.63) is 54.6 Å². The van der Waals surface area contributed by atoms with E-state index in [0.29, 0.717) is 0 Å². The number of benzene rings is 2. The predicted octanol–water partition coefficient (Wildman–Crippen LogP) is 4.45. The van der Waals surface area contributed by atoms with Gasteiger partial charge in [0, 0.05) is 0 Å². The molecule has 2 aromatic rings. The van der Waals surface area contributed by atoms with Crippen molar-refractivity contribution in [3.8, 4) is 5.75 Å². The zero-order valence-corrected chi connectivity index (χ0v) is 13.1. The van der Waals surface area contributed by atoms with Crippen molar-refractivity contribution in [1.29, 1.82) is 0 Å². The number of ether oxygens (including phenoxy) is 1. The third-order valence-electron chi connectivity index (χ3n) is 2.47. The maximum absolute atomic E-state index is 6.54. The quantitative estimate of drug-likeness (QED) is 0.760. The van der Waals surface area contributed by atoms with Crippen molar-refractivity contribution in [2.24, 2.45) is 0 Å². The van der Waals surface area contributed by atoms with Gasteiger partial charge in [0.2, 0.25) is 0 Å². The lowest BCUT2D eigenvalue weighted by atomic mass is 10.2. The molecule has 0 radical (unpaired) electrons. The fourth-order valence-corrected chi connectivity index (χ4v) is 3.53. The Hall–Kier alpha value is -1.04. The van der Waals surface area contributed by atoms with Crippen LogP contribution in [0.5, 0.6) is 5.75 Å². The van der Waals surface area contributed by atoms with E-state index >= 15 is 0 Å². The highest BCUT2D eigenvalue weighted by Gasteiger charge is 2.13. The van der Waals surface area contributed by atoms with Gasteiger partial charge in [-0.1, -0.05) is 41.6 Å². The zero-order chi connectivity index (χ0) is 13.9. The van der Waals surface area contributed by atoms with Gasteiger partial charge in [0.25, 0.3) is 0 Å². The lowest BCUT2D eigenvalue weighted by Crippen LogP contribution is -2.23. The second-order valence-corrected chi connectivity index (χ2v) is 7.93. The molecule has 0 aliphatic heterocycles. The first kappa shape index (κ1) is 14.4. The van der Waals surface area contributed by atoms with Gasteiger partial charge in [0.05, 0.1) is 7.27 Å². The van der Waals surface area contributed by atoms with Crippen molar-refractivity contribution >= 4 is 29.1 Å². The van der Waals surface area contributed by atoms with E-state index in [0.717, 1.165) is 11.1 Å². The molecule has 1 unspecified atom stereocenters. The van der Waals surface area contributed by atoms with Crippen LogP contribution < -0.4 is 15.3 Å². The van der Waals surface area contributed by atoms with Gasteiger partial charge in [-0.2, -0.15) is 0 Å². The number of rotatable bonds is 3. The first-order chi connectivity index (χ1) is 8.96. The second-order valence-electron chi connectivity index (χ2n) is 5.32. The molecular weight excluding hydrogens is 275 g/mol. The van der Waals surface area contributed by atoms with Crippen LogP contribution in [0.1, 0.15) is 20.8 Å². The summed E-state index contributed by atoms with van der Waals surface area (Å²) in [5.74, 6) is 0.879. The first-order valence-electron chi connectivity index (χ1n) is 6.26. The molecule has 0 heterocycles. The van der Waals surface area contributed by atoms with Crippen LogP contribution in [0.2, 0.25) is 0 Å². The number of hydrogen-bond acceptors (Lipinski definition) is 1. The lowest BCUT2D eigenvalue weighted by molar-refractivity contribution is 0.131. The third kappa shape index (κ3) is 4.23. The van der Waals surface area contributed by atoms with Crippen molar-refractivity contribution in [3.63, 3.8) is 0 Å². The average Bonchev–Trinajstić information content (AvgIpc) is 2.38. The van der Waals surface area contributed by atoms with Gasteiger partial charge in [0.1, 0.15) is 11.4 Å². The molecule has 0 spiro atoms. The van der Waals surface area contributed by atoms with Crippen LogP contribution in [-0.2, 0) is 0 Å². The van der Waals surface area contributed by atoms with Gasteiger partial charge in [-0.3, -0.25) is 0 Å². The Kier molecular flexibility index (Phi) is 4.50. The van der Waals surface area contributed by atoms with Crippen LogP contribution in [-0.4, -0.2) is 5.60 Å². The van der Waals surface area contributed by atoms with Crippen molar-refractivity contribution in [2.45, 2.75) is 26.4 Å². The maximum atomic E-state index is 6.54. The van der Waals surface area contributed by atoms with E-state index < -0.39 is 7.27 Å². The van der Waals surface area contributed by atoms with Gasteiger partial charge in [-0.25, -0.2) is 0 Å². The van der Waals surface area contributed by atoms with E-state index in [1.165, 1.54) is 5.30 Å². The maximum Gasteiger partial charge on any atom is 0.120 e. The second kappa shape index (κ2) is 5.94. The SMILES string of the molecule is CC(C)(C)Oc1ccc(P(Cl)c2ccccc2)cc1. The highest BCUT2D eigenvalue weighted by atomic mass is 35.7. The summed E-state index contributed by atoms with van der Waals surface area (Å²) in [5, 5.41) is 2.31. The van der Waals surface area contributed by atoms with Crippen LogP contribution in [0.25, 0.3) is 0 Å². The van der Waals surface area contributed by atoms with Crippen LogP contribution in [0.4, 0.5) is 0 Å². The Morgan fingerprint density at radius 3 is 1.89 bits per heavy atom. The highest BCUT2D eigenvalue weighted by molar-refractivity contribution is 7.95. The fraction of sp³-hybridized carbons (Fsp3) is 0.250. The van der Waals surface area contributed by atoms with Crippen LogP contribution in [0.15, 0.2) is 54.6 Å². The molecule has 2 rings (SSSR count). The Labute approximate surface area is 121 Å². The summed E-state index contributed by atoms with van der Waals surface area (Å²) in [6.45, 7) is 6.12. The van der Waals surface area contributed by atoms with Crippen molar-refractivity contribution in [2.75, 3.05) is 0 Å². The summed E-state index contributed by atoms with van der Waals surface area (Å²) in [5.41, 5.74) is -0.174. The summed E-state index contributed by atoms with van der Waals surface area (Å²) in [6.07, 6.45) is 0. The minimum Gasteiger partial charge on any atom is -0.488 e. The van der Waals surface area contributed by atoms with Gasteiger partial charge in [-0.05, 0) is 55.6 Å². The minimum atomic E-state index is -0.800. The molecule has 1 atom stereocenters. The van der Waals surface area contributed by atoms with Crippen LogP contribution >= 0.6 is 18.5 Å². The topological polar surface area (TPSA) is 9.23 Å². The molecular formula is C16H18ClOP. The van der Waals surface area contributed by atoms with E-state index in [2.05, 4.69) is 12.1 Å². The molecule has 0 saturated heterocycles. The molecule has 0 fully saturated rings. The van der Waals surface area contributed by atoms with Gasteiger partial charge >= 0.3 is 0 Å². The third-order valence-corrected chi connectivity index (χ3v) is 5.14. The molecule has 0 saturated carbocycles. The molecule has 1 nitrogen and oxygen atoms in total. The first-order valence-corrected chi connectivity index (χ1v) is 8.50. The summed E-state index contributed by atoms with van der Waals surface area (Å²) < 4.78 is 5.81. The summed E-state index contributed by atoms with van der Waals surface area (Å²) in [4.78, 5) is 0. The van der Waals surface area contributed by atoms with Gasteiger partial charge in [0.15, 0.2) is 0 Å². The molecule has 19 heavy (non-hydrogen) atoms. The molecule has 0 bridgehead atoms. The van der Waals surface area contributed by atoms with E-state index in [9.17, 15) is 0 Å². The van der Waals surface area contributed by atoms with Crippen LogP contribution in [0, 0.1) is 0 Å². The molecule has 0 aromatic heterocycles. The van der Waals surface area contributed by atoms with E-state index in [-0.39, 0.29) is 5.60 Å². The molecule has 100 valence electrons. The molecule has 3 heteroatoms. The largest absolute Gasteiger partial charge is 0.488 e. The monoisotopic (exact) mass is 292 g/mol. The van der Waals surface area contributed by atoms with E-state index in [1.807, 2.05) is 63.2 Å². The Morgan fingerprint density at radius 1 is 0.842 bits per heavy atom. The number of halogens is 1. The van der Waals surface area contributed by atoms with Crippen molar-refractivity contribution in [1.82, 2.24) is 0 Å². The molecule has 0 aliphatic carbocycles. The van der Waals surface area contributed by atoms with Crippen LogP contribution in [0.3, 0.4) is 0 Å². The molecule has 2 aromatic carbocycles. The molecule has 0 N–H and O–H groups in total. The van der Waals surface area contributed by atoms with Crippen molar-refractivity contribution < 1.29 is 4.74 Å². The smallest absolute Gasteiger partial charge is 0.120 e. The highest BCUT2D eigenvalue weighted by Crippen LogP contribution is 2.39. The average molecular weight is 293 g/mol. The fourth-order valence-electron chi connectivity index (χ4n) is 1.71.